The Labute approximate surface area is 84.7 Å². The number of hydrogen-bond acceptors (Lipinski definition) is 2. The van der Waals surface area contributed by atoms with E-state index in [9.17, 15) is 4.79 Å². The summed E-state index contributed by atoms with van der Waals surface area (Å²) in [5.41, 5.74) is 6.09. The number of carbonyl (C=O) groups is 1. The van der Waals surface area contributed by atoms with Crippen molar-refractivity contribution in [2.24, 2.45) is 28.4 Å². The Morgan fingerprint density at radius 2 is 1.93 bits per heavy atom. The minimum atomic E-state index is -0.699. The number of aliphatic carboxylic acids is 1. The summed E-state index contributed by atoms with van der Waals surface area (Å²) in [6.07, 6.45) is 2.30. The van der Waals surface area contributed by atoms with Gasteiger partial charge in [0.1, 0.15) is 0 Å². The number of rotatable bonds is 3. The lowest BCUT2D eigenvalue weighted by Crippen LogP contribution is -2.33. The average Bonchev–Trinajstić information content (AvgIpc) is 2.50. The van der Waals surface area contributed by atoms with Crippen LogP contribution in [0.5, 0.6) is 0 Å². The first-order valence-electron chi connectivity index (χ1n) is 5.33. The van der Waals surface area contributed by atoms with Crippen molar-refractivity contribution >= 4 is 5.97 Å². The molecular formula is C11H19NO2. The smallest absolute Gasteiger partial charge is 0.303 e. The first kappa shape index (κ1) is 9.97. The Kier molecular flexibility index (Phi) is 1.94. The second-order valence-electron chi connectivity index (χ2n) is 5.72. The van der Waals surface area contributed by atoms with Gasteiger partial charge in [-0.3, -0.25) is 4.79 Å². The van der Waals surface area contributed by atoms with Crippen LogP contribution in [0.2, 0.25) is 0 Å². The van der Waals surface area contributed by atoms with Crippen molar-refractivity contribution in [1.82, 2.24) is 0 Å². The van der Waals surface area contributed by atoms with E-state index in [0.29, 0.717) is 12.0 Å². The predicted octanol–water partition coefficient (Wildman–Crippen LogP) is 1.47. The maximum Gasteiger partial charge on any atom is 0.303 e. The minimum Gasteiger partial charge on any atom is -0.481 e. The van der Waals surface area contributed by atoms with E-state index >= 15 is 0 Å². The van der Waals surface area contributed by atoms with Crippen LogP contribution in [0, 0.1) is 22.7 Å². The van der Waals surface area contributed by atoms with Crippen molar-refractivity contribution < 1.29 is 9.90 Å². The molecule has 0 saturated heterocycles. The summed E-state index contributed by atoms with van der Waals surface area (Å²) in [5, 5.41) is 8.85. The molecule has 0 heterocycles. The molecule has 0 aliphatic heterocycles. The second kappa shape index (κ2) is 2.72. The van der Waals surface area contributed by atoms with Crippen LogP contribution < -0.4 is 5.73 Å². The predicted molar refractivity (Wildman–Crippen MR) is 53.7 cm³/mol. The van der Waals surface area contributed by atoms with Crippen LogP contribution in [0.3, 0.4) is 0 Å². The van der Waals surface area contributed by atoms with Crippen LogP contribution in [0.1, 0.15) is 33.1 Å². The zero-order chi connectivity index (χ0) is 10.6. The largest absolute Gasteiger partial charge is 0.481 e. The van der Waals surface area contributed by atoms with Crippen molar-refractivity contribution in [1.29, 1.82) is 0 Å². The highest BCUT2D eigenvalue weighted by Crippen LogP contribution is 2.71. The monoisotopic (exact) mass is 197 g/mol. The number of carboxylic acids is 1. The first-order valence-corrected chi connectivity index (χ1v) is 5.33. The standard InChI is InChI=1S/C11H19NO2/c1-10(2)7-3-11(6-12,4-8(7)10)5-9(13)14/h7-8H,3-6,12H2,1-2H3,(H,13,14). The topological polar surface area (TPSA) is 63.3 Å². The summed E-state index contributed by atoms with van der Waals surface area (Å²) in [7, 11) is 0. The molecule has 0 aromatic heterocycles. The van der Waals surface area contributed by atoms with Crippen LogP contribution in [-0.4, -0.2) is 17.6 Å². The molecule has 80 valence electrons. The van der Waals surface area contributed by atoms with Crippen molar-refractivity contribution in [2.75, 3.05) is 6.54 Å². The zero-order valence-corrected chi connectivity index (χ0v) is 8.92. The van der Waals surface area contributed by atoms with Crippen molar-refractivity contribution in [3.63, 3.8) is 0 Å². The lowest BCUT2D eigenvalue weighted by atomic mass is 9.76. The van der Waals surface area contributed by atoms with Gasteiger partial charge >= 0.3 is 5.97 Å². The molecule has 0 spiro atoms. The summed E-state index contributed by atoms with van der Waals surface area (Å²) in [4.78, 5) is 10.7. The Morgan fingerprint density at radius 3 is 2.29 bits per heavy atom. The Morgan fingerprint density at radius 1 is 1.43 bits per heavy atom. The highest BCUT2D eigenvalue weighted by molar-refractivity contribution is 5.68. The second-order valence-corrected chi connectivity index (χ2v) is 5.72. The Hall–Kier alpha value is -0.570. The average molecular weight is 197 g/mol. The Balaban J connectivity index is 2.03. The SMILES string of the molecule is CC1(C)C2CC(CN)(CC(=O)O)CC21. The first-order chi connectivity index (χ1) is 6.41. The fourth-order valence-electron chi connectivity index (χ4n) is 3.39. The third-order valence-electron chi connectivity index (χ3n) is 4.55. The number of hydrogen-bond donors (Lipinski definition) is 2. The maximum absolute atomic E-state index is 10.7. The lowest BCUT2D eigenvalue weighted by Gasteiger charge is -2.30. The number of carboxylic acid groups (broad SMARTS) is 1. The highest BCUT2D eigenvalue weighted by atomic mass is 16.4. The summed E-state index contributed by atoms with van der Waals surface area (Å²) >= 11 is 0. The van der Waals surface area contributed by atoms with E-state index in [-0.39, 0.29) is 11.8 Å². The van der Waals surface area contributed by atoms with E-state index in [0.717, 1.165) is 24.7 Å². The zero-order valence-electron chi connectivity index (χ0n) is 8.92. The molecule has 2 unspecified atom stereocenters. The van der Waals surface area contributed by atoms with Crippen LogP contribution in [0.25, 0.3) is 0 Å². The summed E-state index contributed by atoms with van der Waals surface area (Å²) < 4.78 is 0. The van der Waals surface area contributed by atoms with Gasteiger partial charge < -0.3 is 10.8 Å². The van der Waals surface area contributed by atoms with Gasteiger partial charge in [0.25, 0.3) is 0 Å². The molecule has 3 nitrogen and oxygen atoms in total. The molecule has 14 heavy (non-hydrogen) atoms. The normalized spacial score (nSPS) is 43.4. The maximum atomic E-state index is 10.7. The molecule has 0 aromatic carbocycles. The quantitative estimate of drug-likeness (QED) is 0.720. The summed E-state index contributed by atoms with van der Waals surface area (Å²) in [5.74, 6) is 0.755. The molecule has 2 rings (SSSR count). The molecule has 2 aliphatic carbocycles. The fraction of sp³-hybridized carbons (Fsp3) is 0.909. The summed E-state index contributed by atoms with van der Waals surface area (Å²) in [6.45, 7) is 5.09. The molecule has 2 fully saturated rings. The molecule has 2 aliphatic rings. The molecule has 3 N–H and O–H groups in total. The van der Waals surface area contributed by atoms with Crippen LogP contribution >= 0.6 is 0 Å². The van der Waals surface area contributed by atoms with E-state index in [1.165, 1.54) is 0 Å². The van der Waals surface area contributed by atoms with Gasteiger partial charge in [0, 0.05) is 0 Å². The van der Waals surface area contributed by atoms with E-state index in [1.54, 1.807) is 0 Å². The molecule has 2 atom stereocenters. The van der Waals surface area contributed by atoms with Gasteiger partial charge in [-0.25, -0.2) is 0 Å². The van der Waals surface area contributed by atoms with E-state index in [4.69, 9.17) is 10.8 Å². The van der Waals surface area contributed by atoms with Gasteiger partial charge in [-0.05, 0) is 42.1 Å². The summed E-state index contributed by atoms with van der Waals surface area (Å²) in [6, 6.07) is 0. The van der Waals surface area contributed by atoms with Crippen LogP contribution in [-0.2, 0) is 4.79 Å². The minimum absolute atomic E-state index is 0.0866. The Bertz CT molecular complexity index is 258. The molecule has 2 saturated carbocycles. The number of nitrogens with two attached hydrogens (primary N) is 1. The third-order valence-corrected chi connectivity index (χ3v) is 4.55. The van der Waals surface area contributed by atoms with Gasteiger partial charge in [-0.1, -0.05) is 13.8 Å². The highest BCUT2D eigenvalue weighted by Gasteiger charge is 2.65. The van der Waals surface area contributed by atoms with E-state index < -0.39 is 5.97 Å². The lowest BCUT2D eigenvalue weighted by molar-refractivity contribution is -0.139. The van der Waals surface area contributed by atoms with E-state index in [1.807, 2.05) is 0 Å². The third kappa shape index (κ3) is 1.26. The van der Waals surface area contributed by atoms with E-state index in [2.05, 4.69) is 13.8 Å². The van der Waals surface area contributed by atoms with Gasteiger partial charge in [0.05, 0.1) is 6.42 Å². The fourth-order valence-corrected chi connectivity index (χ4v) is 3.39. The molecule has 0 bridgehead atoms. The van der Waals surface area contributed by atoms with Gasteiger partial charge in [0.15, 0.2) is 0 Å². The van der Waals surface area contributed by atoms with Crippen molar-refractivity contribution in [3.05, 3.63) is 0 Å². The molecule has 3 heteroatoms. The molecule has 0 amide bonds. The van der Waals surface area contributed by atoms with Crippen LogP contribution in [0.15, 0.2) is 0 Å². The molecular weight excluding hydrogens is 178 g/mol. The molecule has 0 radical (unpaired) electrons. The van der Waals surface area contributed by atoms with Crippen molar-refractivity contribution in [2.45, 2.75) is 33.1 Å². The van der Waals surface area contributed by atoms with Gasteiger partial charge in [0.2, 0.25) is 0 Å². The van der Waals surface area contributed by atoms with Gasteiger partial charge in [-0.2, -0.15) is 0 Å². The molecule has 0 aromatic rings. The number of fused-ring (bicyclic) bond motifs is 1. The van der Waals surface area contributed by atoms with Crippen molar-refractivity contribution in [3.8, 4) is 0 Å². The van der Waals surface area contributed by atoms with Gasteiger partial charge in [-0.15, -0.1) is 0 Å². The van der Waals surface area contributed by atoms with Crippen LogP contribution in [0.4, 0.5) is 0 Å².